The molecule has 43 heavy (non-hydrogen) atoms. The Morgan fingerprint density at radius 2 is 1.74 bits per heavy atom. The zero-order chi connectivity index (χ0) is 30.3. The van der Waals surface area contributed by atoms with Gasteiger partial charge in [0.2, 0.25) is 5.91 Å². The van der Waals surface area contributed by atoms with Gasteiger partial charge in [-0.05, 0) is 71.8 Å². The van der Waals surface area contributed by atoms with Crippen LogP contribution in [-0.2, 0) is 22.6 Å². The van der Waals surface area contributed by atoms with E-state index in [0.29, 0.717) is 49.7 Å². The third-order valence-electron chi connectivity index (χ3n) is 7.25. The van der Waals surface area contributed by atoms with Crippen LogP contribution in [-0.4, -0.2) is 66.7 Å². The number of hydrogen-bond donors (Lipinski definition) is 0. The highest BCUT2D eigenvalue weighted by Gasteiger charge is 2.37. The SMILES string of the molecule is C=CCc1cc(/C=C2/SC(=O)N(CC(=O)N3CCN(c4ccccc4)CC3)C2=O)cc(OC)c1OCc1ccc(F)cc1. The quantitative estimate of drug-likeness (QED) is 0.224. The second-order valence-corrected chi connectivity index (χ2v) is 11.1. The van der Waals surface area contributed by atoms with Gasteiger partial charge >= 0.3 is 0 Å². The molecule has 0 unspecified atom stereocenters. The van der Waals surface area contributed by atoms with E-state index in [1.54, 1.807) is 35.3 Å². The molecule has 0 bridgehead atoms. The number of amides is 3. The highest BCUT2D eigenvalue weighted by atomic mass is 32.2. The minimum atomic E-state index is -0.507. The van der Waals surface area contributed by atoms with E-state index in [-0.39, 0.29) is 29.8 Å². The van der Waals surface area contributed by atoms with Gasteiger partial charge in [-0.1, -0.05) is 36.4 Å². The van der Waals surface area contributed by atoms with Crippen molar-refractivity contribution in [2.75, 3.05) is 44.7 Å². The van der Waals surface area contributed by atoms with Crippen LogP contribution in [0.25, 0.3) is 6.08 Å². The average Bonchev–Trinajstić information content (AvgIpc) is 3.28. The summed E-state index contributed by atoms with van der Waals surface area (Å²) in [5.41, 5.74) is 3.30. The lowest BCUT2D eigenvalue weighted by Gasteiger charge is -2.36. The number of imide groups is 1. The molecule has 10 heteroatoms. The maximum absolute atomic E-state index is 13.3. The number of methoxy groups -OCH3 is 1. The van der Waals surface area contributed by atoms with E-state index in [2.05, 4.69) is 11.5 Å². The van der Waals surface area contributed by atoms with Gasteiger partial charge in [-0.15, -0.1) is 6.58 Å². The second kappa shape index (κ2) is 13.6. The van der Waals surface area contributed by atoms with Gasteiger partial charge in [0.05, 0.1) is 12.0 Å². The molecule has 0 aromatic heterocycles. The third-order valence-corrected chi connectivity index (χ3v) is 8.16. The van der Waals surface area contributed by atoms with Crippen LogP contribution in [0.1, 0.15) is 16.7 Å². The maximum Gasteiger partial charge on any atom is 0.294 e. The highest BCUT2D eigenvalue weighted by Crippen LogP contribution is 2.37. The topological polar surface area (TPSA) is 79.4 Å². The molecule has 2 aliphatic heterocycles. The van der Waals surface area contributed by atoms with Crippen molar-refractivity contribution in [3.63, 3.8) is 0 Å². The van der Waals surface area contributed by atoms with Crippen molar-refractivity contribution < 1.29 is 28.2 Å². The van der Waals surface area contributed by atoms with Gasteiger partial charge in [0.15, 0.2) is 11.5 Å². The third kappa shape index (κ3) is 7.09. The molecule has 2 fully saturated rings. The Kier molecular flexibility index (Phi) is 9.46. The van der Waals surface area contributed by atoms with Crippen LogP contribution >= 0.6 is 11.8 Å². The summed E-state index contributed by atoms with van der Waals surface area (Å²) in [6.07, 6.45) is 3.81. The molecule has 0 N–H and O–H groups in total. The molecule has 2 aliphatic rings. The molecular formula is C33H32FN3O5S. The van der Waals surface area contributed by atoms with Crippen LogP contribution < -0.4 is 14.4 Å². The molecule has 3 aromatic rings. The van der Waals surface area contributed by atoms with Crippen LogP contribution in [0.4, 0.5) is 14.9 Å². The number of thioether (sulfide) groups is 1. The summed E-state index contributed by atoms with van der Waals surface area (Å²) < 4.78 is 24.9. The van der Waals surface area contributed by atoms with Crippen molar-refractivity contribution >= 4 is 40.6 Å². The van der Waals surface area contributed by atoms with Crippen molar-refractivity contribution in [2.45, 2.75) is 13.0 Å². The molecule has 222 valence electrons. The highest BCUT2D eigenvalue weighted by molar-refractivity contribution is 8.18. The molecule has 0 spiro atoms. The molecule has 0 radical (unpaired) electrons. The first-order chi connectivity index (χ1) is 20.9. The Balaban J connectivity index is 1.26. The minimum Gasteiger partial charge on any atom is -0.493 e. The predicted molar refractivity (Wildman–Crippen MR) is 166 cm³/mol. The molecule has 3 amide bonds. The minimum absolute atomic E-state index is 0.203. The largest absolute Gasteiger partial charge is 0.493 e. The number of carbonyl (C=O) groups is 3. The number of benzene rings is 3. The Labute approximate surface area is 254 Å². The van der Waals surface area contributed by atoms with Crippen molar-refractivity contribution in [1.82, 2.24) is 9.80 Å². The Morgan fingerprint density at radius 1 is 1.02 bits per heavy atom. The summed E-state index contributed by atoms with van der Waals surface area (Å²) in [7, 11) is 1.51. The van der Waals surface area contributed by atoms with Crippen LogP contribution in [0.2, 0.25) is 0 Å². The number of carbonyl (C=O) groups excluding carboxylic acids is 3. The summed E-state index contributed by atoms with van der Waals surface area (Å²) in [5.74, 6) is -0.138. The number of piperazine rings is 1. The molecule has 2 heterocycles. The van der Waals surface area contributed by atoms with Gasteiger partial charge in [0, 0.05) is 37.4 Å². The first-order valence-electron chi connectivity index (χ1n) is 13.9. The zero-order valence-electron chi connectivity index (χ0n) is 23.8. The number of allylic oxidation sites excluding steroid dienone is 1. The van der Waals surface area contributed by atoms with Gasteiger partial charge in [-0.25, -0.2) is 4.39 Å². The number of ether oxygens (including phenoxy) is 2. The van der Waals surface area contributed by atoms with E-state index in [4.69, 9.17) is 9.47 Å². The van der Waals surface area contributed by atoms with Crippen LogP contribution in [0, 0.1) is 5.82 Å². The standard InChI is InChI=1S/C33H32FN3O5S/c1-3-7-25-18-24(19-28(41-2)31(25)42-22-23-10-12-26(34)13-11-23)20-29-32(39)37(33(40)43-29)21-30(38)36-16-14-35(15-17-36)27-8-5-4-6-9-27/h3-6,8-13,18-20H,1,7,14-17,21-22H2,2H3/b29-20+. The Bertz CT molecular complexity index is 1540. The number of nitrogens with zero attached hydrogens (tertiary/aromatic N) is 3. The van der Waals surface area contributed by atoms with Crippen molar-refractivity contribution in [2.24, 2.45) is 0 Å². The van der Waals surface area contributed by atoms with E-state index >= 15 is 0 Å². The maximum atomic E-state index is 13.3. The summed E-state index contributed by atoms with van der Waals surface area (Å²) in [4.78, 5) is 44.2. The smallest absolute Gasteiger partial charge is 0.294 e. The molecule has 3 aromatic carbocycles. The Hall–Kier alpha value is -4.57. The lowest BCUT2D eigenvalue weighted by molar-refractivity contribution is -0.136. The number of para-hydroxylation sites is 1. The van der Waals surface area contributed by atoms with Crippen molar-refractivity contribution in [1.29, 1.82) is 0 Å². The van der Waals surface area contributed by atoms with Crippen LogP contribution in [0.15, 0.2) is 84.3 Å². The zero-order valence-corrected chi connectivity index (χ0v) is 24.6. The molecule has 2 saturated heterocycles. The average molecular weight is 602 g/mol. The normalized spacial score (nSPS) is 16.1. The number of anilines is 1. The fraction of sp³-hybridized carbons (Fsp3) is 0.242. The summed E-state index contributed by atoms with van der Waals surface area (Å²) >= 11 is 0.805. The van der Waals surface area contributed by atoms with Crippen LogP contribution in [0.5, 0.6) is 11.5 Å². The fourth-order valence-electron chi connectivity index (χ4n) is 5.00. The van der Waals surface area contributed by atoms with Gasteiger partial charge in [0.1, 0.15) is 19.0 Å². The van der Waals surface area contributed by atoms with Gasteiger partial charge < -0.3 is 19.3 Å². The van der Waals surface area contributed by atoms with E-state index in [0.717, 1.165) is 33.5 Å². The lowest BCUT2D eigenvalue weighted by atomic mass is 10.0. The van der Waals surface area contributed by atoms with E-state index in [1.807, 2.05) is 36.4 Å². The van der Waals surface area contributed by atoms with E-state index in [9.17, 15) is 18.8 Å². The second-order valence-electron chi connectivity index (χ2n) is 10.1. The van der Waals surface area contributed by atoms with Gasteiger partial charge in [0.25, 0.3) is 11.1 Å². The summed E-state index contributed by atoms with van der Waals surface area (Å²) in [6.45, 7) is 6.12. The predicted octanol–water partition coefficient (Wildman–Crippen LogP) is 5.53. The first kappa shape index (κ1) is 29.9. The molecule has 5 rings (SSSR count). The summed E-state index contributed by atoms with van der Waals surface area (Å²) in [5, 5.41) is -0.481. The molecule has 0 saturated carbocycles. The number of rotatable bonds is 10. The Morgan fingerprint density at radius 3 is 2.42 bits per heavy atom. The lowest BCUT2D eigenvalue weighted by Crippen LogP contribution is -2.51. The van der Waals surface area contributed by atoms with Crippen LogP contribution in [0.3, 0.4) is 0 Å². The van der Waals surface area contributed by atoms with Crippen molar-refractivity contribution in [3.8, 4) is 11.5 Å². The first-order valence-corrected chi connectivity index (χ1v) is 14.7. The fourth-order valence-corrected chi connectivity index (χ4v) is 5.84. The number of halogens is 1. The molecule has 0 aliphatic carbocycles. The van der Waals surface area contributed by atoms with Crippen molar-refractivity contribution in [3.05, 3.63) is 107 Å². The van der Waals surface area contributed by atoms with E-state index < -0.39 is 11.1 Å². The van der Waals surface area contributed by atoms with Gasteiger partial charge in [-0.3, -0.25) is 19.3 Å². The molecule has 8 nitrogen and oxygen atoms in total. The van der Waals surface area contributed by atoms with E-state index in [1.165, 1.54) is 19.2 Å². The monoisotopic (exact) mass is 601 g/mol. The molecule has 0 atom stereocenters. The van der Waals surface area contributed by atoms with Gasteiger partial charge in [-0.2, -0.15) is 0 Å². The number of hydrogen-bond acceptors (Lipinski definition) is 7. The molecular weight excluding hydrogens is 569 g/mol. The summed E-state index contributed by atoms with van der Waals surface area (Å²) in [6, 6.07) is 19.6.